The number of ether oxygens (including phenoxy) is 3. The van der Waals surface area contributed by atoms with Crippen molar-refractivity contribution in [1.82, 2.24) is 29.3 Å². The number of H-pyrrole nitrogens is 1. The van der Waals surface area contributed by atoms with Crippen LogP contribution in [0, 0.1) is 0 Å². The minimum absolute atomic E-state index is 0.249. The van der Waals surface area contributed by atoms with Gasteiger partial charge >= 0.3 is 81.8 Å². The Morgan fingerprint density at radius 2 is 0.969 bits per heavy atom. The summed E-state index contributed by atoms with van der Waals surface area (Å²) >= 11 is 0. The fourth-order valence-corrected chi connectivity index (χ4v) is 18.6. The SMILES string of the molecule is C=C1NC(=O)C=CN1[C@@H]1O[C@H](C(C)(C)OP(=O)(O)OP(=O)(O)OP(=O)(O)O)[C@H](O)C1(F)CF.CC(C)(OP(=O)(O)OP(=O)(O)OP(=O)(O)O)[C@H]1O[C@@H](n2ccc(N)nc2=O)C(F)(CF)[C@H]1O.C[C@@H](OP(=O)(O)OP(=O)(O)OP(=O)(O)O)[C@H]1O[C@@H](n2ccc(=O)[nH]c2=O)C(F)(CF)[C@H]1O. The zero-order valence-electron chi connectivity index (χ0n) is 49.1. The van der Waals surface area contributed by atoms with E-state index in [-0.39, 0.29) is 11.6 Å². The standard InChI is InChI=1S/C13H21F2N2O13P3.C12H20F2N3O13P3.C11H17F2N2O14P3/c1-7-16-8(18)4-5-17(7)11-13(15,6-14)9(19)10(27-11)12(2,3)28-32(23,24)30-33(25,26)29-31(20,21)22;1-11(2,28-32(23,24)30-33(25,26)29-31(20,21)22)8-7(18)12(14,5-13)9(27-8)17-4-3-6(15)16-10(17)19;1-5(27-31(22,23)29-32(24,25)28-30(19,20)21)7-8(17)11(13,4-12)9(26-7)15-3-2-6(16)14-10(15)18/h4-5,9-11,19H,1,6H2,2-3H3,(H,16,18)(H,23,24)(H,25,26)(H2,20,21,22);3-4,7-9,18H,5H2,1-2H3,(H,23,24)(H,25,26)(H2,15,16,19)(H2,20,21,22);2-3,5,7-9,17H,4H2,1H3,(H,22,23)(H,24,25)(H,14,16,18)(H2,19,20,21)/t9-,10-,11+,13?;7-,8-,9+,12?;5-,7-,8+,9-,11?/m001/s1. The number of aliphatic hydroxyl groups is 3. The van der Waals surface area contributed by atoms with E-state index in [1.54, 1.807) is 4.98 Å². The lowest BCUT2D eigenvalue weighted by atomic mass is 9.89. The number of nitrogens with zero attached hydrogens (tertiary/aromatic N) is 4. The number of aromatic nitrogens is 4. The summed E-state index contributed by atoms with van der Waals surface area (Å²) in [4.78, 5) is 160. The van der Waals surface area contributed by atoms with E-state index in [1.165, 1.54) is 0 Å². The lowest BCUT2D eigenvalue weighted by Gasteiger charge is -2.36. The summed E-state index contributed by atoms with van der Waals surface area (Å²) in [5.74, 6) is -1.14. The van der Waals surface area contributed by atoms with Crippen molar-refractivity contribution in [2.45, 2.75) is 124 Å². The summed E-state index contributed by atoms with van der Waals surface area (Å²) in [6.45, 7) is 2.29. The van der Waals surface area contributed by atoms with Crippen molar-refractivity contribution in [3.63, 3.8) is 0 Å². The number of phosphoric acid groups is 9. The second-order valence-electron chi connectivity index (χ2n) is 21.0. The van der Waals surface area contributed by atoms with Crippen LogP contribution in [0.4, 0.5) is 32.2 Å². The summed E-state index contributed by atoms with van der Waals surface area (Å²) in [7, 11) is -51.7. The molecule has 2 aromatic rings. The first kappa shape index (κ1) is 87.1. The Labute approximate surface area is 540 Å². The van der Waals surface area contributed by atoms with E-state index in [9.17, 15) is 113 Å². The van der Waals surface area contributed by atoms with Gasteiger partial charge in [-0.15, -0.1) is 0 Å². The molecule has 4 aliphatic heterocycles. The number of aliphatic hydroxyl groups excluding tert-OH is 3. The first-order chi connectivity index (χ1) is 43.9. The second-order valence-corrected chi connectivity index (χ2v) is 34.0. The number of hydrogen-bond donors (Lipinski definition) is 18. The highest BCUT2D eigenvalue weighted by atomic mass is 31.3. The van der Waals surface area contributed by atoms with Crippen molar-refractivity contribution >= 4 is 82.1 Å². The number of amides is 1. The van der Waals surface area contributed by atoms with Crippen LogP contribution in [0.2, 0.25) is 0 Å². The van der Waals surface area contributed by atoms with Gasteiger partial charge in [0.1, 0.15) is 79.5 Å². The zero-order valence-corrected chi connectivity index (χ0v) is 57.2. The maximum Gasteiger partial charge on any atom is 0.490 e. The van der Waals surface area contributed by atoms with Crippen LogP contribution in [0.15, 0.2) is 63.6 Å². The molecular formula is C36H58F6N7O40P9. The normalized spacial score (nSPS) is 31.2. The number of aromatic amines is 1. The van der Waals surface area contributed by atoms with Gasteiger partial charge in [-0.25, -0.2) is 77.0 Å². The summed E-state index contributed by atoms with van der Waals surface area (Å²) in [6, 6.07) is 1.80. The van der Waals surface area contributed by atoms with Crippen LogP contribution >= 0.6 is 70.4 Å². The van der Waals surface area contributed by atoms with Gasteiger partial charge in [0.05, 0.1) is 6.10 Å². The molecule has 4 aliphatic rings. The molecular weight excluding hydrogens is 1560 g/mol. The molecule has 6 rings (SSSR count). The highest BCUT2D eigenvalue weighted by Gasteiger charge is 2.67. The fraction of sp³-hybridized carbons (Fsp3) is 0.639. The van der Waals surface area contributed by atoms with Gasteiger partial charge in [0.15, 0.2) is 18.7 Å². The van der Waals surface area contributed by atoms with Crippen molar-refractivity contribution in [1.29, 1.82) is 0 Å². The van der Waals surface area contributed by atoms with Crippen LogP contribution in [0.25, 0.3) is 0 Å². The van der Waals surface area contributed by atoms with Crippen LogP contribution in [0.1, 0.15) is 47.1 Å². The van der Waals surface area contributed by atoms with Gasteiger partial charge in [0.25, 0.3) is 11.5 Å². The number of nitrogen functional groups attached to an aromatic ring is 1. The van der Waals surface area contributed by atoms with E-state index < -0.39 is 203 Å². The van der Waals surface area contributed by atoms with Gasteiger partial charge in [-0.3, -0.25) is 37.3 Å². The van der Waals surface area contributed by atoms with Crippen molar-refractivity contribution in [3.8, 4) is 0 Å². The third-order valence-electron chi connectivity index (χ3n) is 12.6. The Balaban J connectivity index is 0.000000312. The number of carbonyl (C=O) groups excluding carboxylic acids is 1. The predicted octanol–water partition coefficient (Wildman–Crippen LogP) is -0.623. The number of phosphoric ester groups is 3. The van der Waals surface area contributed by atoms with Crippen LogP contribution in [0.3, 0.4) is 0 Å². The van der Waals surface area contributed by atoms with Crippen molar-refractivity contribution in [2.24, 2.45) is 0 Å². The van der Waals surface area contributed by atoms with Gasteiger partial charge in [0, 0.05) is 30.7 Å². The number of rotatable bonds is 27. The van der Waals surface area contributed by atoms with Crippen molar-refractivity contribution in [2.75, 3.05) is 25.8 Å². The zero-order chi connectivity index (χ0) is 75.9. The molecule has 0 aromatic carbocycles. The van der Waals surface area contributed by atoms with Gasteiger partial charge in [-0.2, -0.15) is 30.8 Å². The molecule has 9 unspecified atom stereocenters. The maximum atomic E-state index is 15.4. The molecule has 564 valence electrons. The summed E-state index contributed by atoms with van der Waals surface area (Å²) in [5, 5.41) is 33.2. The van der Waals surface area contributed by atoms with Crippen LogP contribution < -0.4 is 28.0 Å². The van der Waals surface area contributed by atoms with Crippen LogP contribution in [0.5, 0.6) is 0 Å². The molecule has 2 aromatic heterocycles. The molecule has 62 heteroatoms. The van der Waals surface area contributed by atoms with E-state index in [2.05, 4.69) is 56.3 Å². The summed E-state index contributed by atoms with van der Waals surface area (Å²) in [6.07, 6.45) is -17.9. The largest absolute Gasteiger partial charge is 0.490 e. The minimum atomic E-state index is -5.88. The highest BCUT2D eigenvalue weighted by molar-refractivity contribution is 7.68. The van der Waals surface area contributed by atoms with E-state index in [1.807, 2.05) is 0 Å². The summed E-state index contributed by atoms with van der Waals surface area (Å²) < 4.78 is 241. The lowest BCUT2D eigenvalue weighted by molar-refractivity contribution is -0.131. The number of nitrogens with two attached hydrogens (primary N) is 1. The molecule has 0 radical (unpaired) electrons. The van der Waals surface area contributed by atoms with E-state index in [0.717, 1.165) is 76.3 Å². The first-order valence-corrected chi connectivity index (χ1v) is 38.8. The first-order valence-electron chi connectivity index (χ1n) is 25.3. The monoisotopic (exact) mass is 1620 g/mol. The number of carbonyl (C=O) groups is 1. The minimum Gasteiger partial charge on any atom is -0.387 e. The van der Waals surface area contributed by atoms with Crippen LogP contribution in [-0.4, -0.2) is 201 Å². The number of hydrogen-bond acceptors (Lipinski definition) is 31. The molecule has 3 saturated heterocycles. The molecule has 0 saturated carbocycles. The third-order valence-corrected chi connectivity index (χ3v) is 24.5. The van der Waals surface area contributed by atoms with Gasteiger partial charge in [-0.1, -0.05) is 6.58 Å². The Kier molecular flexibility index (Phi) is 27.4. The lowest BCUT2D eigenvalue weighted by Crippen LogP contribution is -2.55. The molecule has 0 aliphatic carbocycles. The predicted molar refractivity (Wildman–Crippen MR) is 299 cm³/mol. The van der Waals surface area contributed by atoms with Crippen molar-refractivity contribution < 1.29 is 200 Å². The molecule has 0 bridgehead atoms. The molecule has 1 amide bonds. The Hall–Kier alpha value is -3.32. The smallest absolute Gasteiger partial charge is 0.387 e. The number of anilines is 1. The Morgan fingerprint density at radius 3 is 1.36 bits per heavy atom. The molecule has 98 heavy (non-hydrogen) atoms. The van der Waals surface area contributed by atoms with Gasteiger partial charge in [0.2, 0.25) is 17.0 Å². The molecule has 0 spiro atoms. The topological polar surface area (TPSA) is 716 Å². The summed E-state index contributed by atoms with van der Waals surface area (Å²) in [5.41, 5.74) is -12.4. The Morgan fingerprint density at radius 1 is 0.592 bits per heavy atom. The molecule has 47 nitrogen and oxygen atoms in total. The molecule has 19 atom stereocenters. The highest BCUT2D eigenvalue weighted by Crippen LogP contribution is 2.70. The average molecular weight is 1620 g/mol. The quantitative estimate of drug-likeness (QED) is 0.0391. The average Bonchev–Trinajstić information content (AvgIpc) is 1.60. The molecule has 3 fully saturated rings. The number of nitrogens with one attached hydrogen (secondary N) is 2. The van der Waals surface area contributed by atoms with Gasteiger partial charge in [-0.05, 0) is 40.7 Å². The fourth-order valence-electron chi connectivity index (χ4n) is 8.77. The molecule has 19 N–H and O–H groups in total. The van der Waals surface area contributed by atoms with E-state index >= 15 is 13.2 Å². The Bertz CT molecular complexity index is 3970. The second kappa shape index (κ2) is 30.8. The number of halogens is 6. The van der Waals surface area contributed by atoms with Crippen LogP contribution in [-0.2, 0) is 99.5 Å². The maximum absolute atomic E-state index is 15.4. The van der Waals surface area contributed by atoms with E-state index in [0.29, 0.717) is 9.13 Å². The third kappa shape index (κ3) is 22.6. The van der Waals surface area contributed by atoms with E-state index in [4.69, 9.17) is 54.2 Å². The van der Waals surface area contributed by atoms with Crippen molar-refractivity contribution in [3.05, 3.63) is 80.5 Å². The molecule has 6 heterocycles. The van der Waals surface area contributed by atoms with Gasteiger partial charge < -0.3 is 104 Å². The number of alkyl halides is 6.